The van der Waals surface area contributed by atoms with Crippen molar-refractivity contribution in [2.75, 3.05) is 61.2 Å². The molecule has 30 heavy (non-hydrogen) atoms. The van der Waals surface area contributed by atoms with E-state index in [1.54, 1.807) is 21.3 Å². The van der Waals surface area contributed by atoms with Gasteiger partial charge in [0.15, 0.2) is 5.96 Å². The van der Waals surface area contributed by atoms with Crippen molar-refractivity contribution < 1.29 is 18.9 Å². The summed E-state index contributed by atoms with van der Waals surface area (Å²) >= 11 is 0. The highest BCUT2D eigenvalue weighted by molar-refractivity contribution is 5.80. The summed E-state index contributed by atoms with van der Waals surface area (Å²) in [5, 5.41) is 7.03. The molecule has 2 heterocycles. The van der Waals surface area contributed by atoms with Crippen LogP contribution in [0.25, 0.3) is 0 Å². The molecule has 0 bridgehead atoms. The molecule has 1 aromatic rings. The maximum Gasteiger partial charge on any atom is 0.191 e. The first-order valence-corrected chi connectivity index (χ1v) is 10.6. The molecule has 0 amide bonds. The first-order valence-electron chi connectivity index (χ1n) is 10.6. The fourth-order valence-electron chi connectivity index (χ4n) is 4.14. The number of benzene rings is 1. The third-order valence-electron chi connectivity index (χ3n) is 6.07. The second kappa shape index (κ2) is 10.8. The Bertz CT molecular complexity index is 684. The molecular weight excluding hydrogens is 384 g/mol. The van der Waals surface area contributed by atoms with Crippen LogP contribution < -0.4 is 20.1 Å². The first kappa shape index (κ1) is 22.7. The lowest BCUT2D eigenvalue weighted by molar-refractivity contribution is -0.0855. The molecule has 1 atom stereocenters. The van der Waals surface area contributed by atoms with Gasteiger partial charge in [-0.25, -0.2) is 0 Å². The molecule has 1 unspecified atom stereocenters. The van der Waals surface area contributed by atoms with Crippen LogP contribution in [0.3, 0.4) is 0 Å². The van der Waals surface area contributed by atoms with E-state index < -0.39 is 0 Å². The zero-order valence-corrected chi connectivity index (χ0v) is 18.7. The largest absolute Gasteiger partial charge is 0.497 e. The lowest BCUT2D eigenvalue weighted by Gasteiger charge is -2.36. The van der Waals surface area contributed by atoms with E-state index in [9.17, 15) is 0 Å². The molecule has 0 aromatic heterocycles. The van der Waals surface area contributed by atoms with Crippen LogP contribution in [0.2, 0.25) is 0 Å². The molecular formula is C22H36N4O4. The lowest BCUT2D eigenvalue weighted by atomic mass is 9.94. The van der Waals surface area contributed by atoms with E-state index in [2.05, 4.69) is 32.7 Å². The Balaban J connectivity index is 1.50. The molecule has 2 saturated heterocycles. The molecule has 2 N–H and O–H groups in total. The van der Waals surface area contributed by atoms with E-state index in [0.29, 0.717) is 6.04 Å². The molecule has 8 heteroatoms. The highest BCUT2D eigenvalue weighted by Crippen LogP contribution is 2.25. The van der Waals surface area contributed by atoms with Gasteiger partial charge in [0.1, 0.15) is 11.5 Å². The van der Waals surface area contributed by atoms with Crippen molar-refractivity contribution in [2.24, 2.45) is 4.99 Å². The Kier molecular flexibility index (Phi) is 8.18. The first-order chi connectivity index (χ1) is 14.6. The highest BCUT2D eigenvalue weighted by atomic mass is 16.5. The number of nitrogens with zero attached hydrogens (tertiary/aromatic N) is 2. The number of rotatable bonds is 8. The minimum atomic E-state index is -0.178. The van der Waals surface area contributed by atoms with Crippen LogP contribution in [-0.2, 0) is 16.0 Å². The number of ether oxygens (including phenoxy) is 4. The molecule has 168 valence electrons. The average molecular weight is 421 g/mol. The molecule has 0 saturated carbocycles. The van der Waals surface area contributed by atoms with Crippen molar-refractivity contribution in [1.82, 2.24) is 15.5 Å². The molecule has 3 rings (SSSR count). The molecule has 1 aromatic carbocycles. The van der Waals surface area contributed by atoms with Gasteiger partial charge in [-0.05, 0) is 24.1 Å². The van der Waals surface area contributed by atoms with Crippen molar-refractivity contribution in [3.05, 3.63) is 23.8 Å². The van der Waals surface area contributed by atoms with E-state index in [-0.39, 0.29) is 5.60 Å². The summed E-state index contributed by atoms with van der Waals surface area (Å²) in [6, 6.07) is 6.40. The normalized spacial score (nSPS) is 22.0. The summed E-state index contributed by atoms with van der Waals surface area (Å²) in [6.45, 7) is 5.08. The Hall–Kier alpha value is -2.03. The third kappa shape index (κ3) is 6.00. The third-order valence-corrected chi connectivity index (χ3v) is 6.07. The van der Waals surface area contributed by atoms with Gasteiger partial charge in [-0.1, -0.05) is 0 Å². The summed E-state index contributed by atoms with van der Waals surface area (Å²) in [6.07, 6.45) is 2.87. The monoisotopic (exact) mass is 420 g/mol. The smallest absolute Gasteiger partial charge is 0.191 e. The number of aliphatic imine (C=N–C) groups is 1. The maximum absolute atomic E-state index is 5.81. The van der Waals surface area contributed by atoms with Crippen molar-refractivity contribution >= 4 is 5.96 Å². The molecule has 2 fully saturated rings. The lowest BCUT2D eigenvalue weighted by Crippen LogP contribution is -2.52. The predicted octanol–water partition coefficient (Wildman–Crippen LogP) is 1.64. The summed E-state index contributed by atoms with van der Waals surface area (Å²) < 4.78 is 22.1. The number of likely N-dealkylation sites (tertiary alicyclic amines) is 1. The Morgan fingerprint density at radius 2 is 1.87 bits per heavy atom. The van der Waals surface area contributed by atoms with Gasteiger partial charge < -0.3 is 29.6 Å². The fourth-order valence-corrected chi connectivity index (χ4v) is 4.14. The summed E-state index contributed by atoms with van der Waals surface area (Å²) in [7, 11) is 6.96. The van der Waals surface area contributed by atoms with Crippen LogP contribution in [0.5, 0.6) is 11.5 Å². The topological polar surface area (TPSA) is 76.6 Å². The second-order valence-electron chi connectivity index (χ2n) is 8.01. The summed E-state index contributed by atoms with van der Waals surface area (Å²) in [5.74, 6) is 2.47. The number of methoxy groups -OCH3 is 3. The van der Waals surface area contributed by atoms with E-state index in [1.165, 1.54) is 5.56 Å². The molecule has 2 aliphatic rings. The van der Waals surface area contributed by atoms with Gasteiger partial charge in [-0.15, -0.1) is 0 Å². The van der Waals surface area contributed by atoms with Crippen LogP contribution in [0, 0.1) is 0 Å². The molecule has 0 radical (unpaired) electrons. The Morgan fingerprint density at radius 1 is 1.17 bits per heavy atom. The minimum absolute atomic E-state index is 0.178. The van der Waals surface area contributed by atoms with Crippen LogP contribution in [0.4, 0.5) is 0 Å². The van der Waals surface area contributed by atoms with Crippen molar-refractivity contribution in [1.29, 1.82) is 0 Å². The van der Waals surface area contributed by atoms with Gasteiger partial charge >= 0.3 is 0 Å². The van der Waals surface area contributed by atoms with Gasteiger partial charge in [0.05, 0.1) is 19.8 Å². The van der Waals surface area contributed by atoms with E-state index in [0.717, 1.165) is 76.1 Å². The van der Waals surface area contributed by atoms with Gasteiger partial charge in [0.25, 0.3) is 0 Å². The van der Waals surface area contributed by atoms with Gasteiger partial charge in [0, 0.05) is 78.5 Å². The van der Waals surface area contributed by atoms with Crippen LogP contribution in [0.1, 0.15) is 24.8 Å². The molecule has 2 aliphatic heterocycles. The van der Waals surface area contributed by atoms with Crippen molar-refractivity contribution in [3.8, 4) is 11.5 Å². The van der Waals surface area contributed by atoms with Crippen molar-refractivity contribution in [2.45, 2.75) is 37.5 Å². The van der Waals surface area contributed by atoms with Gasteiger partial charge in [-0.2, -0.15) is 0 Å². The molecule has 0 aliphatic carbocycles. The van der Waals surface area contributed by atoms with Crippen LogP contribution in [-0.4, -0.2) is 83.7 Å². The predicted molar refractivity (Wildman–Crippen MR) is 118 cm³/mol. The maximum atomic E-state index is 5.81. The van der Waals surface area contributed by atoms with E-state index in [1.807, 2.05) is 13.1 Å². The fraction of sp³-hybridized carbons (Fsp3) is 0.682. The second-order valence-corrected chi connectivity index (χ2v) is 8.01. The van der Waals surface area contributed by atoms with Crippen LogP contribution >= 0.6 is 0 Å². The quantitative estimate of drug-likeness (QED) is 0.489. The highest BCUT2D eigenvalue weighted by Gasteiger charge is 2.33. The Labute approximate surface area is 179 Å². The minimum Gasteiger partial charge on any atom is -0.497 e. The summed E-state index contributed by atoms with van der Waals surface area (Å²) in [4.78, 5) is 6.85. The van der Waals surface area contributed by atoms with Gasteiger partial charge in [-0.3, -0.25) is 9.89 Å². The SMILES string of the molecule is CN=C(NCC1(OC)CCOCC1)NC1CCN(Cc2cc(OC)cc(OC)c2)C1. The van der Waals surface area contributed by atoms with Gasteiger partial charge in [0.2, 0.25) is 0 Å². The number of hydrogen-bond acceptors (Lipinski definition) is 6. The van der Waals surface area contributed by atoms with Crippen LogP contribution in [0.15, 0.2) is 23.2 Å². The van der Waals surface area contributed by atoms with E-state index >= 15 is 0 Å². The summed E-state index contributed by atoms with van der Waals surface area (Å²) in [5.41, 5.74) is 1.01. The molecule has 8 nitrogen and oxygen atoms in total. The average Bonchev–Trinajstić information content (AvgIpc) is 3.23. The Morgan fingerprint density at radius 3 is 2.47 bits per heavy atom. The number of guanidine groups is 1. The zero-order chi connectivity index (χ0) is 21.4. The molecule has 0 spiro atoms. The zero-order valence-electron chi connectivity index (χ0n) is 18.7. The number of nitrogens with one attached hydrogen (secondary N) is 2. The van der Waals surface area contributed by atoms with Crippen molar-refractivity contribution in [3.63, 3.8) is 0 Å². The van der Waals surface area contributed by atoms with E-state index in [4.69, 9.17) is 18.9 Å². The standard InChI is InChI=1S/C22H36N4O4/c1-23-21(24-16-22(29-4)6-9-30-10-7-22)25-18-5-8-26(15-18)14-17-11-19(27-2)13-20(12-17)28-3/h11-13,18H,5-10,14-16H2,1-4H3,(H2,23,24,25). The number of hydrogen-bond donors (Lipinski definition) is 2.